The third kappa shape index (κ3) is 2.44. The number of piperidine rings is 1. The van der Waals surface area contributed by atoms with E-state index in [1.54, 1.807) is 0 Å². The summed E-state index contributed by atoms with van der Waals surface area (Å²) < 4.78 is 2.00. The van der Waals surface area contributed by atoms with Gasteiger partial charge in [0.2, 0.25) is 0 Å². The maximum Gasteiger partial charge on any atom is 0.0931 e. The van der Waals surface area contributed by atoms with Crippen molar-refractivity contribution in [2.24, 2.45) is 0 Å². The summed E-state index contributed by atoms with van der Waals surface area (Å²) in [4.78, 5) is 0. The number of hydrogen-bond donors (Lipinski definition) is 2. The maximum absolute atomic E-state index is 10.5. The van der Waals surface area contributed by atoms with Crippen LogP contribution in [-0.2, 0) is 5.60 Å². The second-order valence-corrected chi connectivity index (χ2v) is 5.68. The van der Waals surface area contributed by atoms with Gasteiger partial charge in [0.15, 0.2) is 0 Å². The van der Waals surface area contributed by atoms with Crippen molar-refractivity contribution in [2.75, 3.05) is 13.1 Å². The van der Waals surface area contributed by atoms with Crippen LogP contribution < -0.4 is 5.32 Å². The van der Waals surface area contributed by atoms with Crippen LogP contribution in [0, 0.1) is 0 Å². The number of hydrogen-bond acceptors (Lipinski definition) is 2. The van der Waals surface area contributed by atoms with Gasteiger partial charge in [0.25, 0.3) is 0 Å². The minimum atomic E-state index is -0.676. The number of halogens is 2. The smallest absolute Gasteiger partial charge is 0.0931 e. The normalized spacial score (nSPS) is 20.2. The first-order valence-corrected chi connectivity index (χ1v) is 6.59. The molecule has 1 fully saturated rings. The average Bonchev–Trinajstić information content (AvgIpc) is 2.18. The van der Waals surface area contributed by atoms with E-state index in [1.165, 1.54) is 0 Å². The van der Waals surface area contributed by atoms with Crippen LogP contribution in [-0.4, -0.2) is 18.2 Å². The van der Waals surface area contributed by atoms with Crippen molar-refractivity contribution in [1.29, 1.82) is 0 Å². The van der Waals surface area contributed by atoms with Crippen molar-refractivity contribution in [3.63, 3.8) is 0 Å². The maximum atomic E-state index is 10.5. The third-order valence-electron chi connectivity index (χ3n) is 2.86. The van der Waals surface area contributed by atoms with Gasteiger partial charge in [0.1, 0.15) is 0 Å². The molecule has 1 aromatic rings. The fourth-order valence-corrected chi connectivity index (χ4v) is 3.39. The topological polar surface area (TPSA) is 32.3 Å². The predicted octanol–water partition coefficient (Wildman–Crippen LogP) is 2.78. The molecule has 2 nitrogen and oxygen atoms in total. The average molecular weight is 335 g/mol. The molecule has 0 atom stereocenters. The lowest BCUT2D eigenvalue weighted by atomic mass is 9.85. The summed E-state index contributed by atoms with van der Waals surface area (Å²) in [5, 5.41) is 13.8. The standard InChI is InChI=1S/C11H13Br2NO/c12-8-1-2-9(10(13)7-8)11(15)3-5-14-6-4-11/h1-2,7,14-15H,3-6H2. The molecule has 0 spiro atoms. The first kappa shape index (κ1) is 11.6. The van der Waals surface area contributed by atoms with Crippen LogP contribution in [0.4, 0.5) is 0 Å². The molecule has 0 aliphatic carbocycles. The van der Waals surface area contributed by atoms with Gasteiger partial charge in [-0.3, -0.25) is 0 Å². The van der Waals surface area contributed by atoms with Crippen LogP contribution in [0.1, 0.15) is 18.4 Å². The largest absolute Gasteiger partial charge is 0.385 e. The molecule has 15 heavy (non-hydrogen) atoms. The molecule has 4 heteroatoms. The Morgan fingerprint density at radius 3 is 2.47 bits per heavy atom. The molecule has 2 N–H and O–H groups in total. The van der Waals surface area contributed by atoms with Crippen molar-refractivity contribution >= 4 is 31.9 Å². The first-order valence-electron chi connectivity index (χ1n) is 5.00. The molecule has 82 valence electrons. The van der Waals surface area contributed by atoms with E-state index in [2.05, 4.69) is 37.2 Å². The van der Waals surface area contributed by atoms with Crippen LogP contribution >= 0.6 is 31.9 Å². The molecular weight excluding hydrogens is 322 g/mol. The third-order valence-corrected chi connectivity index (χ3v) is 4.01. The Kier molecular flexibility index (Phi) is 3.50. The van der Waals surface area contributed by atoms with E-state index in [1.807, 2.05) is 18.2 Å². The second-order valence-electron chi connectivity index (χ2n) is 3.91. The minimum absolute atomic E-state index is 0.676. The van der Waals surface area contributed by atoms with Crippen molar-refractivity contribution in [3.8, 4) is 0 Å². The van der Waals surface area contributed by atoms with E-state index in [0.29, 0.717) is 0 Å². The Morgan fingerprint density at radius 1 is 1.20 bits per heavy atom. The lowest BCUT2D eigenvalue weighted by Crippen LogP contribution is -2.39. The van der Waals surface area contributed by atoms with E-state index in [4.69, 9.17) is 0 Å². The summed E-state index contributed by atoms with van der Waals surface area (Å²) >= 11 is 6.92. The lowest BCUT2D eigenvalue weighted by molar-refractivity contribution is 0.00526. The van der Waals surface area contributed by atoms with E-state index < -0.39 is 5.60 Å². The lowest BCUT2D eigenvalue weighted by Gasteiger charge is -2.33. The first-order chi connectivity index (χ1) is 7.12. The van der Waals surface area contributed by atoms with Crippen LogP contribution in [0.2, 0.25) is 0 Å². The van der Waals surface area contributed by atoms with Crippen molar-refractivity contribution in [3.05, 3.63) is 32.7 Å². The Balaban J connectivity index is 2.35. The number of rotatable bonds is 1. The highest BCUT2D eigenvalue weighted by Crippen LogP contribution is 2.36. The van der Waals surface area contributed by atoms with Gasteiger partial charge in [-0.25, -0.2) is 0 Å². The molecular formula is C11H13Br2NO. The van der Waals surface area contributed by atoms with E-state index >= 15 is 0 Å². The Bertz CT molecular complexity index is 362. The zero-order valence-electron chi connectivity index (χ0n) is 8.26. The van der Waals surface area contributed by atoms with Gasteiger partial charge >= 0.3 is 0 Å². The highest BCUT2D eigenvalue weighted by atomic mass is 79.9. The summed E-state index contributed by atoms with van der Waals surface area (Å²) in [5.41, 5.74) is 0.317. The summed E-state index contributed by atoms with van der Waals surface area (Å²) in [6, 6.07) is 5.94. The van der Waals surface area contributed by atoms with Crippen molar-refractivity contribution in [1.82, 2.24) is 5.32 Å². The SMILES string of the molecule is OC1(c2ccc(Br)cc2Br)CCNCC1. The highest BCUT2D eigenvalue weighted by Gasteiger charge is 2.32. The molecule has 0 saturated carbocycles. The molecule has 1 aromatic carbocycles. The molecule has 0 aromatic heterocycles. The molecule has 1 aliphatic rings. The van der Waals surface area contributed by atoms with Crippen LogP contribution in [0.25, 0.3) is 0 Å². The Labute approximate surface area is 106 Å². The molecule has 1 aliphatic heterocycles. The predicted molar refractivity (Wildman–Crippen MR) is 67.8 cm³/mol. The number of nitrogens with one attached hydrogen (secondary N) is 1. The summed E-state index contributed by atoms with van der Waals surface area (Å²) in [7, 11) is 0. The summed E-state index contributed by atoms with van der Waals surface area (Å²) in [5.74, 6) is 0. The minimum Gasteiger partial charge on any atom is -0.385 e. The van der Waals surface area contributed by atoms with Gasteiger partial charge in [-0.2, -0.15) is 0 Å². The number of benzene rings is 1. The van der Waals surface area contributed by atoms with Crippen molar-refractivity contribution < 1.29 is 5.11 Å². The molecule has 0 amide bonds. The van der Waals surface area contributed by atoms with Gasteiger partial charge in [-0.05, 0) is 43.6 Å². The van der Waals surface area contributed by atoms with Gasteiger partial charge in [-0.1, -0.05) is 37.9 Å². The fourth-order valence-electron chi connectivity index (χ4n) is 1.98. The summed E-state index contributed by atoms with van der Waals surface area (Å²) in [6.07, 6.45) is 1.54. The van der Waals surface area contributed by atoms with E-state index in [0.717, 1.165) is 40.4 Å². The zero-order valence-corrected chi connectivity index (χ0v) is 11.4. The molecule has 1 heterocycles. The summed E-state index contributed by atoms with van der Waals surface area (Å²) in [6.45, 7) is 1.75. The van der Waals surface area contributed by atoms with Gasteiger partial charge in [0.05, 0.1) is 5.60 Å². The van der Waals surface area contributed by atoms with Gasteiger partial charge in [-0.15, -0.1) is 0 Å². The molecule has 0 bridgehead atoms. The van der Waals surface area contributed by atoms with Gasteiger partial charge in [0, 0.05) is 8.95 Å². The molecule has 1 saturated heterocycles. The van der Waals surface area contributed by atoms with Crippen LogP contribution in [0.15, 0.2) is 27.1 Å². The molecule has 0 unspecified atom stereocenters. The van der Waals surface area contributed by atoms with Gasteiger partial charge < -0.3 is 10.4 Å². The Hall–Kier alpha value is 0.1000. The zero-order chi connectivity index (χ0) is 10.9. The van der Waals surface area contributed by atoms with E-state index in [9.17, 15) is 5.11 Å². The molecule has 2 rings (SSSR count). The van der Waals surface area contributed by atoms with Crippen molar-refractivity contribution in [2.45, 2.75) is 18.4 Å². The molecule has 0 radical (unpaired) electrons. The van der Waals surface area contributed by atoms with Crippen LogP contribution in [0.5, 0.6) is 0 Å². The monoisotopic (exact) mass is 333 g/mol. The number of aliphatic hydroxyl groups is 1. The van der Waals surface area contributed by atoms with Crippen LogP contribution in [0.3, 0.4) is 0 Å². The van der Waals surface area contributed by atoms with E-state index in [-0.39, 0.29) is 0 Å². The second kappa shape index (κ2) is 4.53. The quantitative estimate of drug-likeness (QED) is 0.827. The highest BCUT2D eigenvalue weighted by molar-refractivity contribution is 9.11. The Morgan fingerprint density at radius 2 is 1.87 bits per heavy atom. The fraction of sp³-hybridized carbons (Fsp3) is 0.455.